The van der Waals surface area contributed by atoms with E-state index in [-0.39, 0.29) is 4.90 Å². The van der Waals surface area contributed by atoms with Gasteiger partial charge in [-0.25, -0.2) is 4.79 Å². The first kappa shape index (κ1) is 18.1. The fourth-order valence-electron chi connectivity index (χ4n) is 5.30. The second-order valence-electron chi connectivity index (χ2n) is 7.82. The van der Waals surface area contributed by atoms with Gasteiger partial charge in [0.05, 0.1) is 5.41 Å². The molecule has 9 heteroatoms. The molecule has 0 unspecified atom stereocenters. The Balaban J connectivity index is 1.83. The van der Waals surface area contributed by atoms with E-state index < -0.39 is 35.0 Å². The molecule has 0 heterocycles. The molecule has 4 aliphatic rings. The molecule has 0 aromatic heterocycles. The average molecular weight is 365 g/mol. The Morgan fingerprint density at radius 2 is 1.32 bits per heavy atom. The summed E-state index contributed by atoms with van der Waals surface area (Å²) in [5.41, 5.74) is -0.965. The van der Waals surface area contributed by atoms with Gasteiger partial charge in [0.1, 0.15) is 0 Å². The Bertz CT molecular complexity index is 598. The minimum absolute atomic E-state index is 0.0178. The summed E-state index contributed by atoms with van der Waals surface area (Å²) in [7, 11) is 0.731. The number of amides is 2. The smallest absolute Gasteiger partial charge is 0.413 e. The first-order chi connectivity index (χ1) is 11.4. The summed E-state index contributed by atoms with van der Waals surface area (Å²) in [6, 6.07) is 0. The second-order valence-corrected chi connectivity index (χ2v) is 7.82. The number of carbonyl (C=O) groups is 3. The van der Waals surface area contributed by atoms with Crippen LogP contribution in [0.4, 0.5) is 17.6 Å². The predicted molar refractivity (Wildman–Crippen MR) is 75.9 cm³/mol. The number of hydrogen-bond donors (Lipinski definition) is 1. The highest BCUT2D eigenvalue weighted by atomic mass is 19.3. The molecule has 0 aromatic carbocycles. The van der Waals surface area contributed by atoms with Gasteiger partial charge in [0.2, 0.25) is 5.91 Å². The number of carboxylic acid groups (broad SMARTS) is 1. The topological polar surface area (TPSA) is 74.7 Å². The lowest BCUT2D eigenvalue weighted by molar-refractivity contribution is -0.227. The number of hydrogen-bond acceptors (Lipinski definition) is 3. The third-order valence-electron chi connectivity index (χ3n) is 6.03. The number of halogens is 4. The molecule has 4 saturated carbocycles. The van der Waals surface area contributed by atoms with Crippen LogP contribution in [-0.4, -0.2) is 46.7 Å². The molecule has 4 aliphatic carbocycles. The van der Waals surface area contributed by atoms with Crippen LogP contribution in [0.5, 0.6) is 0 Å². The summed E-state index contributed by atoms with van der Waals surface area (Å²) in [5, 5.41) is 8.29. The molecule has 0 atom stereocenters. The molecule has 0 saturated heterocycles. The van der Waals surface area contributed by atoms with Crippen molar-refractivity contribution in [3.8, 4) is 0 Å². The first-order valence-electron chi connectivity index (χ1n) is 8.22. The molecule has 4 rings (SSSR count). The van der Waals surface area contributed by atoms with Crippen molar-refractivity contribution in [1.82, 2.24) is 4.90 Å². The molecule has 0 radical (unpaired) electrons. The van der Waals surface area contributed by atoms with Crippen LogP contribution >= 0.6 is 0 Å². The molecule has 4 bridgehead atoms. The lowest BCUT2D eigenvalue weighted by Gasteiger charge is -2.56. The summed E-state index contributed by atoms with van der Waals surface area (Å²) in [6.07, 6.45) is 4.31. The van der Waals surface area contributed by atoms with Crippen LogP contribution in [0.25, 0.3) is 0 Å². The SMILES string of the molecule is CN(C(=O)C12CC3CC(CC(C3)C1)C2)C(=O)C(F)(F)C(F)(F)C(=O)O. The summed E-state index contributed by atoms with van der Waals surface area (Å²) in [5.74, 6) is -16.7. The zero-order valence-electron chi connectivity index (χ0n) is 13.6. The normalized spacial score (nSPS) is 34.0. The fraction of sp³-hybridized carbons (Fsp3) is 0.812. The molecular weight excluding hydrogens is 346 g/mol. The van der Waals surface area contributed by atoms with Crippen molar-refractivity contribution < 1.29 is 37.1 Å². The minimum Gasteiger partial charge on any atom is -0.477 e. The van der Waals surface area contributed by atoms with Crippen LogP contribution in [0.1, 0.15) is 38.5 Å². The van der Waals surface area contributed by atoms with E-state index in [4.69, 9.17) is 5.11 Å². The maximum atomic E-state index is 13.8. The van der Waals surface area contributed by atoms with Gasteiger partial charge in [0, 0.05) is 7.05 Å². The number of alkyl halides is 4. The third-order valence-corrected chi connectivity index (χ3v) is 6.03. The maximum Gasteiger partial charge on any atom is 0.413 e. The predicted octanol–water partition coefficient (Wildman–Crippen LogP) is 2.54. The van der Waals surface area contributed by atoms with Crippen LogP contribution in [0.15, 0.2) is 0 Å². The van der Waals surface area contributed by atoms with Gasteiger partial charge >= 0.3 is 23.7 Å². The van der Waals surface area contributed by atoms with Crippen LogP contribution in [-0.2, 0) is 14.4 Å². The van der Waals surface area contributed by atoms with Crippen molar-refractivity contribution in [1.29, 1.82) is 0 Å². The third kappa shape index (κ3) is 2.54. The molecule has 0 aromatic rings. The largest absolute Gasteiger partial charge is 0.477 e. The van der Waals surface area contributed by atoms with Gasteiger partial charge in [-0.05, 0) is 56.3 Å². The van der Waals surface area contributed by atoms with Gasteiger partial charge in [0.15, 0.2) is 0 Å². The van der Waals surface area contributed by atoms with Crippen molar-refractivity contribution in [3.05, 3.63) is 0 Å². The molecule has 0 spiro atoms. The van der Waals surface area contributed by atoms with Crippen molar-refractivity contribution in [2.45, 2.75) is 50.4 Å². The Kier molecular flexibility index (Phi) is 3.92. The lowest BCUT2D eigenvalue weighted by atomic mass is 9.49. The van der Waals surface area contributed by atoms with Gasteiger partial charge in [0.25, 0.3) is 0 Å². The zero-order valence-corrected chi connectivity index (χ0v) is 13.6. The Morgan fingerprint density at radius 3 is 1.68 bits per heavy atom. The van der Waals surface area contributed by atoms with Gasteiger partial charge in [-0.15, -0.1) is 0 Å². The fourth-order valence-corrected chi connectivity index (χ4v) is 5.30. The molecule has 25 heavy (non-hydrogen) atoms. The molecule has 4 fully saturated rings. The van der Waals surface area contributed by atoms with Crippen molar-refractivity contribution in [2.75, 3.05) is 7.05 Å². The maximum absolute atomic E-state index is 13.8. The quantitative estimate of drug-likeness (QED) is 0.777. The molecule has 1 N–H and O–H groups in total. The van der Waals surface area contributed by atoms with E-state index in [0.29, 0.717) is 37.0 Å². The van der Waals surface area contributed by atoms with Gasteiger partial charge in [-0.1, -0.05) is 0 Å². The van der Waals surface area contributed by atoms with E-state index in [1.807, 2.05) is 0 Å². The van der Waals surface area contributed by atoms with E-state index >= 15 is 0 Å². The molecule has 2 amide bonds. The summed E-state index contributed by atoms with van der Waals surface area (Å²) in [4.78, 5) is 35.0. The Morgan fingerprint density at radius 1 is 0.920 bits per heavy atom. The van der Waals surface area contributed by atoms with E-state index in [9.17, 15) is 31.9 Å². The van der Waals surface area contributed by atoms with Gasteiger partial charge in [-0.3, -0.25) is 14.5 Å². The number of carboxylic acids is 1. The Hall–Kier alpha value is -1.67. The molecule has 140 valence electrons. The number of imide groups is 1. The summed E-state index contributed by atoms with van der Waals surface area (Å²) < 4.78 is 54.0. The summed E-state index contributed by atoms with van der Waals surface area (Å²) in [6.45, 7) is 0. The van der Waals surface area contributed by atoms with Crippen LogP contribution < -0.4 is 0 Å². The number of nitrogens with zero attached hydrogens (tertiary/aromatic N) is 1. The highest BCUT2D eigenvalue weighted by molar-refractivity contribution is 6.03. The Labute approximate surface area is 141 Å². The molecular formula is C16H19F4NO4. The van der Waals surface area contributed by atoms with Gasteiger partial charge < -0.3 is 5.11 Å². The standard InChI is InChI=1S/C16H19F4NO4/c1-21(12(23)15(17,18)16(19,20)13(24)25)11(22)14-5-8-2-9(6-14)4-10(3-8)7-14/h8-10H,2-7H2,1H3,(H,24,25). The minimum atomic E-state index is -5.58. The van der Waals surface area contributed by atoms with E-state index in [1.165, 1.54) is 0 Å². The molecule has 5 nitrogen and oxygen atoms in total. The van der Waals surface area contributed by atoms with Crippen molar-refractivity contribution in [2.24, 2.45) is 23.2 Å². The average Bonchev–Trinajstić information content (AvgIpc) is 2.51. The van der Waals surface area contributed by atoms with Crippen LogP contribution in [0.2, 0.25) is 0 Å². The number of carbonyl (C=O) groups excluding carboxylic acids is 2. The second kappa shape index (κ2) is 5.41. The first-order valence-corrected chi connectivity index (χ1v) is 8.22. The van der Waals surface area contributed by atoms with E-state index in [0.717, 1.165) is 26.3 Å². The van der Waals surface area contributed by atoms with E-state index in [2.05, 4.69) is 0 Å². The van der Waals surface area contributed by atoms with Crippen LogP contribution in [0, 0.1) is 23.2 Å². The molecule has 0 aliphatic heterocycles. The summed E-state index contributed by atoms with van der Waals surface area (Å²) >= 11 is 0. The highest BCUT2D eigenvalue weighted by Gasteiger charge is 2.69. The lowest BCUT2D eigenvalue weighted by Crippen LogP contribution is -2.61. The van der Waals surface area contributed by atoms with Crippen LogP contribution in [0.3, 0.4) is 0 Å². The zero-order chi connectivity index (χ0) is 18.8. The van der Waals surface area contributed by atoms with Crippen molar-refractivity contribution >= 4 is 17.8 Å². The highest BCUT2D eigenvalue weighted by Crippen LogP contribution is 2.60. The van der Waals surface area contributed by atoms with Gasteiger partial charge in [-0.2, -0.15) is 17.6 Å². The van der Waals surface area contributed by atoms with Crippen molar-refractivity contribution in [3.63, 3.8) is 0 Å². The monoisotopic (exact) mass is 365 g/mol. The van der Waals surface area contributed by atoms with E-state index in [1.54, 1.807) is 0 Å². The number of rotatable bonds is 4. The number of aliphatic carboxylic acids is 1.